The van der Waals surface area contributed by atoms with Crippen LogP contribution >= 0.6 is 27.5 Å². The largest absolute Gasteiger partial charge is 0.244 e. The van der Waals surface area contributed by atoms with E-state index in [1.54, 1.807) is 6.07 Å². The zero-order valence-corrected chi connectivity index (χ0v) is 13.5. The van der Waals surface area contributed by atoms with Gasteiger partial charge in [0.2, 0.25) is 10.0 Å². The van der Waals surface area contributed by atoms with E-state index < -0.39 is 10.0 Å². The SMILES string of the molecule is N#CCCN(CCC#N)S(=O)(=O)c1ccc(Br)cc1Cl. The zero-order chi connectivity index (χ0) is 15.2. The fourth-order valence-electron chi connectivity index (χ4n) is 1.53. The van der Waals surface area contributed by atoms with Gasteiger partial charge in [-0.05, 0) is 18.2 Å². The van der Waals surface area contributed by atoms with Crippen LogP contribution in [-0.2, 0) is 10.0 Å². The second-order valence-corrected chi connectivity index (χ2v) is 7.02. The van der Waals surface area contributed by atoms with Gasteiger partial charge in [-0.2, -0.15) is 14.8 Å². The number of rotatable bonds is 6. The average Bonchev–Trinajstić information content (AvgIpc) is 2.38. The van der Waals surface area contributed by atoms with E-state index in [4.69, 9.17) is 22.1 Å². The molecule has 8 heteroatoms. The molecule has 1 rings (SSSR count). The summed E-state index contributed by atoms with van der Waals surface area (Å²) in [4.78, 5) is -0.0294. The van der Waals surface area contributed by atoms with Crippen LogP contribution < -0.4 is 0 Å². The van der Waals surface area contributed by atoms with Crippen molar-refractivity contribution in [3.63, 3.8) is 0 Å². The Morgan fingerprint density at radius 1 is 1.20 bits per heavy atom. The molecule has 0 radical (unpaired) electrons. The number of halogens is 2. The Morgan fingerprint density at radius 2 is 1.75 bits per heavy atom. The van der Waals surface area contributed by atoms with Crippen molar-refractivity contribution in [2.75, 3.05) is 13.1 Å². The zero-order valence-electron chi connectivity index (χ0n) is 10.4. The Morgan fingerprint density at radius 3 is 2.20 bits per heavy atom. The average molecular weight is 377 g/mol. The van der Waals surface area contributed by atoms with E-state index in [1.165, 1.54) is 12.1 Å². The molecule has 0 aromatic heterocycles. The van der Waals surface area contributed by atoms with Crippen LogP contribution in [0.5, 0.6) is 0 Å². The highest BCUT2D eigenvalue weighted by Crippen LogP contribution is 2.27. The molecule has 0 aliphatic rings. The van der Waals surface area contributed by atoms with Gasteiger partial charge in [0.1, 0.15) is 4.90 Å². The lowest BCUT2D eigenvalue weighted by molar-refractivity contribution is 0.425. The minimum absolute atomic E-state index is 0.0294. The smallest absolute Gasteiger partial charge is 0.207 e. The summed E-state index contributed by atoms with van der Waals surface area (Å²) in [6.07, 6.45) is 0.109. The number of nitrogens with zero attached hydrogens (tertiary/aromatic N) is 3. The van der Waals surface area contributed by atoms with Gasteiger partial charge >= 0.3 is 0 Å². The molecule has 0 spiro atoms. The number of nitriles is 2. The molecule has 0 amide bonds. The van der Waals surface area contributed by atoms with Crippen LogP contribution in [0, 0.1) is 22.7 Å². The molecule has 0 saturated carbocycles. The molecule has 5 nitrogen and oxygen atoms in total. The Hall–Kier alpha value is -1.12. The molecular formula is C12H11BrClN3O2S. The molecular weight excluding hydrogens is 366 g/mol. The predicted molar refractivity (Wildman–Crippen MR) is 78.4 cm³/mol. The first-order valence-electron chi connectivity index (χ1n) is 5.62. The first-order valence-corrected chi connectivity index (χ1v) is 8.23. The number of sulfonamides is 1. The van der Waals surface area contributed by atoms with Crippen LogP contribution in [-0.4, -0.2) is 25.8 Å². The van der Waals surface area contributed by atoms with Crippen molar-refractivity contribution in [1.29, 1.82) is 10.5 Å². The highest BCUT2D eigenvalue weighted by molar-refractivity contribution is 9.10. The van der Waals surface area contributed by atoms with E-state index in [2.05, 4.69) is 15.9 Å². The normalized spacial score (nSPS) is 11.1. The summed E-state index contributed by atoms with van der Waals surface area (Å²) in [6.45, 7) is 0.0693. The van der Waals surface area contributed by atoms with Crippen molar-refractivity contribution in [1.82, 2.24) is 4.31 Å². The van der Waals surface area contributed by atoms with Crippen LogP contribution in [0.3, 0.4) is 0 Å². The van der Waals surface area contributed by atoms with Crippen molar-refractivity contribution in [2.24, 2.45) is 0 Å². The maximum Gasteiger partial charge on any atom is 0.244 e. The lowest BCUT2D eigenvalue weighted by Crippen LogP contribution is -2.33. The van der Waals surface area contributed by atoms with Crippen molar-refractivity contribution >= 4 is 37.6 Å². The summed E-state index contributed by atoms with van der Waals surface area (Å²) in [5.74, 6) is 0. The van der Waals surface area contributed by atoms with Crippen LogP contribution in [0.1, 0.15) is 12.8 Å². The third-order valence-electron chi connectivity index (χ3n) is 2.46. The highest BCUT2D eigenvalue weighted by Gasteiger charge is 2.26. The van der Waals surface area contributed by atoms with E-state index in [0.29, 0.717) is 4.47 Å². The summed E-state index contributed by atoms with van der Waals surface area (Å²) < 4.78 is 26.7. The van der Waals surface area contributed by atoms with Crippen LogP contribution in [0.15, 0.2) is 27.6 Å². The van der Waals surface area contributed by atoms with E-state index in [1.807, 2.05) is 12.1 Å². The maximum atomic E-state index is 12.5. The lowest BCUT2D eigenvalue weighted by Gasteiger charge is -2.20. The molecule has 0 saturated heterocycles. The Kier molecular flexibility index (Phi) is 6.44. The Bertz CT molecular complexity index is 646. The number of hydrogen-bond acceptors (Lipinski definition) is 4. The molecule has 0 atom stereocenters. The standard InChI is InChI=1S/C12H11BrClN3O2S/c13-10-3-4-12(11(14)9-10)20(18,19)17(7-1-5-15)8-2-6-16/h3-4,9H,1-2,7-8H2. The topological polar surface area (TPSA) is 85.0 Å². The Balaban J connectivity index is 3.15. The molecule has 0 heterocycles. The minimum Gasteiger partial charge on any atom is -0.207 e. The molecule has 20 heavy (non-hydrogen) atoms. The lowest BCUT2D eigenvalue weighted by atomic mass is 10.4. The number of benzene rings is 1. The fraction of sp³-hybridized carbons (Fsp3) is 0.333. The second kappa shape index (κ2) is 7.61. The van der Waals surface area contributed by atoms with E-state index in [9.17, 15) is 8.42 Å². The maximum absolute atomic E-state index is 12.5. The summed E-state index contributed by atoms with van der Waals surface area (Å²) in [6, 6.07) is 8.24. The van der Waals surface area contributed by atoms with E-state index >= 15 is 0 Å². The monoisotopic (exact) mass is 375 g/mol. The van der Waals surface area contributed by atoms with E-state index in [0.717, 1.165) is 4.31 Å². The van der Waals surface area contributed by atoms with Crippen LogP contribution in [0.4, 0.5) is 0 Å². The molecule has 106 valence electrons. The molecule has 0 N–H and O–H groups in total. The van der Waals surface area contributed by atoms with Gasteiger partial charge in [0.15, 0.2) is 0 Å². The summed E-state index contributed by atoms with van der Waals surface area (Å²) in [5.41, 5.74) is 0. The van der Waals surface area contributed by atoms with Gasteiger partial charge in [-0.25, -0.2) is 8.42 Å². The number of hydrogen-bond donors (Lipinski definition) is 0. The molecule has 0 bridgehead atoms. The van der Waals surface area contributed by atoms with Gasteiger partial charge in [-0.1, -0.05) is 27.5 Å². The summed E-state index contributed by atoms with van der Waals surface area (Å²) >= 11 is 9.17. The predicted octanol–water partition coefficient (Wildman–Crippen LogP) is 2.92. The van der Waals surface area contributed by atoms with Crippen molar-refractivity contribution in [3.05, 3.63) is 27.7 Å². The molecule has 0 fully saturated rings. The first kappa shape index (κ1) is 16.9. The van der Waals surface area contributed by atoms with E-state index in [-0.39, 0.29) is 35.8 Å². The van der Waals surface area contributed by atoms with Crippen LogP contribution in [0.2, 0.25) is 5.02 Å². The molecule has 0 unspecified atom stereocenters. The van der Waals surface area contributed by atoms with Gasteiger partial charge in [0.25, 0.3) is 0 Å². The van der Waals surface area contributed by atoms with Crippen molar-refractivity contribution in [3.8, 4) is 12.1 Å². The first-order chi connectivity index (χ1) is 9.43. The molecule has 1 aromatic carbocycles. The van der Waals surface area contributed by atoms with Gasteiger partial charge in [-0.3, -0.25) is 0 Å². The molecule has 0 aliphatic heterocycles. The summed E-state index contributed by atoms with van der Waals surface area (Å²) in [7, 11) is -3.81. The van der Waals surface area contributed by atoms with Gasteiger partial charge in [0.05, 0.1) is 17.2 Å². The van der Waals surface area contributed by atoms with Crippen molar-refractivity contribution < 1.29 is 8.42 Å². The third kappa shape index (κ3) is 4.19. The minimum atomic E-state index is -3.81. The Labute approximate surface area is 131 Å². The fourth-order valence-corrected chi connectivity index (χ4v) is 3.98. The molecule has 0 aliphatic carbocycles. The third-order valence-corrected chi connectivity index (χ3v) is 5.33. The van der Waals surface area contributed by atoms with Crippen molar-refractivity contribution in [2.45, 2.75) is 17.7 Å². The highest BCUT2D eigenvalue weighted by atomic mass is 79.9. The quantitative estimate of drug-likeness (QED) is 0.764. The van der Waals surface area contributed by atoms with Gasteiger partial charge in [0, 0.05) is 30.4 Å². The summed E-state index contributed by atoms with van der Waals surface area (Å²) in [5, 5.41) is 17.3. The van der Waals surface area contributed by atoms with Gasteiger partial charge < -0.3 is 0 Å². The molecule has 1 aromatic rings. The second-order valence-electron chi connectivity index (χ2n) is 3.80. The van der Waals surface area contributed by atoms with Crippen LogP contribution in [0.25, 0.3) is 0 Å². The van der Waals surface area contributed by atoms with Gasteiger partial charge in [-0.15, -0.1) is 0 Å².